The molecular weight excluding hydrogens is 230 g/mol. The van der Waals surface area contributed by atoms with Crippen LogP contribution in [0.25, 0.3) is 0 Å². The zero-order valence-electron chi connectivity index (χ0n) is 11.2. The molecule has 1 amide bonds. The summed E-state index contributed by atoms with van der Waals surface area (Å²) in [5, 5.41) is 11.9. The Morgan fingerprint density at radius 3 is 2.83 bits per heavy atom. The molecule has 5 nitrogen and oxygen atoms in total. The number of pyridine rings is 1. The standard InChI is InChI=1S/C13H21N3O2/c1-10(2)16(7-4-8-17)13(18)11-9-15-6-5-12(11)14-3/h5-6,9-10,17H,4,7-8H2,1-3H3,(H,14,15). The Morgan fingerprint density at radius 1 is 1.56 bits per heavy atom. The largest absolute Gasteiger partial charge is 0.396 e. The summed E-state index contributed by atoms with van der Waals surface area (Å²) in [7, 11) is 1.78. The van der Waals surface area contributed by atoms with Gasteiger partial charge >= 0.3 is 0 Å². The van der Waals surface area contributed by atoms with Crippen molar-refractivity contribution in [3.63, 3.8) is 0 Å². The van der Waals surface area contributed by atoms with Gasteiger partial charge in [-0.2, -0.15) is 0 Å². The van der Waals surface area contributed by atoms with Gasteiger partial charge in [-0.25, -0.2) is 0 Å². The fourth-order valence-corrected chi connectivity index (χ4v) is 1.77. The van der Waals surface area contributed by atoms with E-state index in [4.69, 9.17) is 5.11 Å². The lowest BCUT2D eigenvalue weighted by Crippen LogP contribution is -2.38. The Morgan fingerprint density at radius 2 is 2.28 bits per heavy atom. The molecule has 0 saturated carbocycles. The summed E-state index contributed by atoms with van der Waals surface area (Å²) >= 11 is 0. The number of aromatic nitrogens is 1. The number of carbonyl (C=O) groups excluding carboxylic acids is 1. The van der Waals surface area contributed by atoms with Gasteiger partial charge in [-0.15, -0.1) is 0 Å². The summed E-state index contributed by atoms with van der Waals surface area (Å²) < 4.78 is 0. The van der Waals surface area contributed by atoms with Crippen molar-refractivity contribution >= 4 is 11.6 Å². The second kappa shape index (κ2) is 6.96. The number of carbonyl (C=O) groups is 1. The fourth-order valence-electron chi connectivity index (χ4n) is 1.77. The van der Waals surface area contributed by atoms with Crippen molar-refractivity contribution in [3.8, 4) is 0 Å². The van der Waals surface area contributed by atoms with E-state index >= 15 is 0 Å². The van der Waals surface area contributed by atoms with E-state index in [1.54, 1.807) is 30.4 Å². The molecule has 1 aromatic rings. The second-order valence-corrected chi connectivity index (χ2v) is 4.34. The van der Waals surface area contributed by atoms with Crippen LogP contribution in [0.3, 0.4) is 0 Å². The Labute approximate surface area is 108 Å². The average molecular weight is 251 g/mol. The SMILES string of the molecule is CNc1ccncc1C(=O)N(CCCO)C(C)C. The number of amides is 1. The fraction of sp³-hybridized carbons (Fsp3) is 0.538. The molecule has 0 fully saturated rings. The molecule has 0 aliphatic rings. The highest BCUT2D eigenvalue weighted by Gasteiger charge is 2.20. The maximum Gasteiger partial charge on any atom is 0.257 e. The Balaban J connectivity index is 2.94. The van der Waals surface area contributed by atoms with E-state index in [-0.39, 0.29) is 18.6 Å². The Bertz CT molecular complexity index is 394. The van der Waals surface area contributed by atoms with Crippen molar-refractivity contribution < 1.29 is 9.90 Å². The smallest absolute Gasteiger partial charge is 0.257 e. The highest BCUT2D eigenvalue weighted by atomic mass is 16.3. The minimum absolute atomic E-state index is 0.0594. The van der Waals surface area contributed by atoms with E-state index < -0.39 is 0 Å². The third-order valence-electron chi connectivity index (χ3n) is 2.76. The maximum atomic E-state index is 12.4. The molecule has 0 aliphatic heterocycles. The van der Waals surface area contributed by atoms with Gasteiger partial charge in [-0.1, -0.05) is 0 Å². The minimum Gasteiger partial charge on any atom is -0.396 e. The van der Waals surface area contributed by atoms with Crippen LogP contribution in [-0.4, -0.2) is 47.1 Å². The first-order valence-electron chi connectivity index (χ1n) is 6.15. The van der Waals surface area contributed by atoms with Crippen molar-refractivity contribution in [1.29, 1.82) is 0 Å². The summed E-state index contributed by atoms with van der Waals surface area (Å²) in [5.41, 5.74) is 1.33. The summed E-state index contributed by atoms with van der Waals surface area (Å²) in [6.07, 6.45) is 3.80. The molecule has 0 unspecified atom stereocenters. The highest BCUT2D eigenvalue weighted by molar-refractivity contribution is 5.99. The van der Waals surface area contributed by atoms with Crippen LogP contribution in [-0.2, 0) is 0 Å². The molecule has 5 heteroatoms. The number of anilines is 1. The quantitative estimate of drug-likeness (QED) is 0.801. The van der Waals surface area contributed by atoms with Gasteiger partial charge in [0.15, 0.2) is 0 Å². The molecule has 0 atom stereocenters. The number of hydrogen-bond acceptors (Lipinski definition) is 4. The molecule has 0 aliphatic carbocycles. The van der Waals surface area contributed by atoms with Crippen LogP contribution < -0.4 is 5.32 Å². The van der Waals surface area contributed by atoms with Crippen molar-refractivity contribution in [2.45, 2.75) is 26.3 Å². The van der Waals surface area contributed by atoms with Crippen molar-refractivity contribution in [2.24, 2.45) is 0 Å². The molecule has 100 valence electrons. The molecule has 0 saturated heterocycles. The van der Waals surface area contributed by atoms with Gasteiger partial charge in [0.2, 0.25) is 0 Å². The van der Waals surface area contributed by atoms with Gasteiger partial charge in [0.05, 0.1) is 5.56 Å². The van der Waals surface area contributed by atoms with E-state index in [2.05, 4.69) is 10.3 Å². The van der Waals surface area contributed by atoms with Gasteiger partial charge in [0, 0.05) is 44.3 Å². The van der Waals surface area contributed by atoms with Gasteiger partial charge in [-0.05, 0) is 26.3 Å². The Kier molecular flexibility index (Phi) is 5.58. The van der Waals surface area contributed by atoms with E-state index in [1.807, 2.05) is 13.8 Å². The minimum atomic E-state index is -0.0594. The first kappa shape index (κ1) is 14.4. The second-order valence-electron chi connectivity index (χ2n) is 4.34. The van der Waals surface area contributed by atoms with Gasteiger partial charge in [0.25, 0.3) is 5.91 Å². The summed E-state index contributed by atoms with van der Waals surface area (Å²) in [5.74, 6) is -0.0594. The monoisotopic (exact) mass is 251 g/mol. The van der Waals surface area contributed by atoms with Crippen LogP contribution in [0.1, 0.15) is 30.6 Å². The zero-order chi connectivity index (χ0) is 13.5. The lowest BCUT2D eigenvalue weighted by atomic mass is 10.1. The zero-order valence-corrected chi connectivity index (χ0v) is 11.2. The summed E-state index contributed by atoms with van der Waals surface area (Å²) in [4.78, 5) is 18.2. The van der Waals surface area contributed by atoms with Gasteiger partial charge < -0.3 is 15.3 Å². The van der Waals surface area contributed by atoms with E-state index in [1.165, 1.54) is 0 Å². The van der Waals surface area contributed by atoms with Gasteiger partial charge in [-0.3, -0.25) is 9.78 Å². The first-order chi connectivity index (χ1) is 8.61. The lowest BCUT2D eigenvalue weighted by Gasteiger charge is -2.27. The van der Waals surface area contributed by atoms with Crippen LogP contribution in [0.15, 0.2) is 18.5 Å². The number of rotatable bonds is 6. The topological polar surface area (TPSA) is 65.5 Å². The molecule has 1 rings (SSSR count). The number of hydrogen-bond donors (Lipinski definition) is 2. The van der Waals surface area contributed by atoms with E-state index in [9.17, 15) is 4.79 Å². The summed E-state index contributed by atoms with van der Waals surface area (Å²) in [6, 6.07) is 1.87. The number of aliphatic hydroxyl groups excluding tert-OH is 1. The average Bonchev–Trinajstić information content (AvgIpc) is 2.38. The molecule has 1 aromatic heterocycles. The molecule has 18 heavy (non-hydrogen) atoms. The maximum absolute atomic E-state index is 12.4. The Hall–Kier alpha value is -1.62. The van der Waals surface area contributed by atoms with Crippen LogP contribution in [0.5, 0.6) is 0 Å². The molecule has 2 N–H and O–H groups in total. The molecule has 0 aromatic carbocycles. The van der Waals surface area contributed by atoms with Crippen LogP contribution in [0.4, 0.5) is 5.69 Å². The first-order valence-corrected chi connectivity index (χ1v) is 6.15. The normalized spacial score (nSPS) is 10.5. The molecule has 1 heterocycles. The predicted octanol–water partition coefficient (Wildman–Crippen LogP) is 1.36. The van der Waals surface area contributed by atoms with Gasteiger partial charge in [0.1, 0.15) is 0 Å². The van der Waals surface area contributed by atoms with Crippen LogP contribution >= 0.6 is 0 Å². The molecular formula is C13H21N3O2. The summed E-state index contributed by atoms with van der Waals surface area (Å²) in [6.45, 7) is 4.56. The van der Waals surface area contributed by atoms with Crippen molar-refractivity contribution in [2.75, 3.05) is 25.5 Å². The highest BCUT2D eigenvalue weighted by Crippen LogP contribution is 2.16. The third-order valence-corrected chi connectivity index (χ3v) is 2.76. The van der Waals surface area contributed by atoms with E-state index in [0.717, 1.165) is 5.69 Å². The van der Waals surface area contributed by atoms with Crippen molar-refractivity contribution in [1.82, 2.24) is 9.88 Å². The van der Waals surface area contributed by atoms with E-state index in [0.29, 0.717) is 18.5 Å². The van der Waals surface area contributed by atoms with Crippen LogP contribution in [0, 0.1) is 0 Å². The number of aliphatic hydroxyl groups is 1. The molecule has 0 bridgehead atoms. The third kappa shape index (κ3) is 3.43. The molecule has 0 radical (unpaired) electrons. The number of nitrogens with one attached hydrogen (secondary N) is 1. The van der Waals surface area contributed by atoms with Crippen molar-refractivity contribution in [3.05, 3.63) is 24.0 Å². The van der Waals surface area contributed by atoms with Crippen LogP contribution in [0.2, 0.25) is 0 Å². The number of nitrogens with zero attached hydrogens (tertiary/aromatic N) is 2. The lowest BCUT2D eigenvalue weighted by molar-refractivity contribution is 0.0693. The predicted molar refractivity (Wildman–Crippen MR) is 71.7 cm³/mol. The molecule has 0 spiro atoms.